The van der Waals surface area contributed by atoms with Gasteiger partial charge in [0.25, 0.3) is 0 Å². The van der Waals surface area contributed by atoms with Gasteiger partial charge in [-0.1, -0.05) is 32.9 Å². The summed E-state index contributed by atoms with van der Waals surface area (Å²) in [5.74, 6) is -1.42. The van der Waals surface area contributed by atoms with Crippen molar-refractivity contribution in [3.63, 3.8) is 0 Å². The lowest BCUT2D eigenvalue weighted by atomic mass is 9.69. The number of hydrogen-bond donors (Lipinski definition) is 1. The molecular formula is C27H28FN3O4S. The Hall–Kier alpha value is -3.30. The number of sulfonamides is 1. The predicted octanol–water partition coefficient (Wildman–Crippen LogP) is 4.41. The van der Waals surface area contributed by atoms with Crippen LogP contribution in [0.25, 0.3) is 11.8 Å². The number of aliphatic carboxylic acids is 1. The van der Waals surface area contributed by atoms with E-state index in [4.69, 9.17) is 0 Å². The summed E-state index contributed by atoms with van der Waals surface area (Å²) in [4.78, 5) is 12.8. The summed E-state index contributed by atoms with van der Waals surface area (Å²) in [6.45, 7) is 6.20. The molecule has 2 aromatic carbocycles. The van der Waals surface area contributed by atoms with Gasteiger partial charge in [-0.15, -0.1) is 0 Å². The molecule has 0 spiro atoms. The smallest absolute Gasteiger partial charge is 0.315 e. The highest BCUT2D eigenvalue weighted by molar-refractivity contribution is 7.89. The average Bonchev–Trinajstić information content (AvgIpc) is 3.24. The SMILES string of the molecule is CC(C)(C)c1ccc(S(=O)(=O)N2CCC3=Cc4c(cnn4-c4ccc(F)cc4)CC3(C(=O)O)C2)cc1. The van der Waals surface area contributed by atoms with Gasteiger partial charge < -0.3 is 5.11 Å². The molecule has 3 aromatic rings. The number of piperidine rings is 1. The van der Waals surface area contributed by atoms with Crippen LogP contribution < -0.4 is 0 Å². The summed E-state index contributed by atoms with van der Waals surface area (Å²) in [5, 5.41) is 14.8. The average molecular weight is 510 g/mol. The van der Waals surface area contributed by atoms with Crippen LogP contribution in [-0.2, 0) is 26.7 Å². The minimum atomic E-state index is -3.88. The summed E-state index contributed by atoms with van der Waals surface area (Å²) in [6, 6.07) is 12.7. The number of carbonyl (C=O) groups is 1. The molecule has 5 rings (SSSR count). The van der Waals surface area contributed by atoms with Gasteiger partial charge in [0.05, 0.1) is 22.5 Å². The Morgan fingerprint density at radius 2 is 1.75 bits per heavy atom. The monoisotopic (exact) mass is 509 g/mol. The molecule has 1 unspecified atom stereocenters. The number of fused-ring (bicyclic) bond motifs is 2. The molecule has 0 bridgehead atoms. The number of benzene rings is 2. The highest BCUT2D eigenvalue weighted by atomic mass is 32.2. The zero-order chi connectivity index (χ0) is 25.9. The number of carboxylic acid groups (broad SMARTS) is 1. The van der Waals surface area contributed by atoms with Crippen molar-refractivity contribution in [3.8, 4) is 5.69 Å². The van der Waals surface area contributed by atoms with Crippen LogP contribution in [-0.4, -0.2) is 46.7 Å². The highest BCUT2D eigenvalue weighted by Crippen LogP contribution is 2.45. The summed E-state index contributed by atoms with van der Waals surface area (Å²) in [5.41, 5.74) is 2.31. The maximum Gasteiger partial charge on any atom is 0.315 e. The molecule has 7 nitrogen and oxygen atoms in total. The Morgan fingerprint density at radius 3 is 2.36 bits per heavy atom. The Morgan fingerprint density at radius 1 is 1.08 bits per heavy atom. The minimum absolute atomic E-state index is 0.112. The molecule has 188 valence electrons. The van der Waals surface area contributed by atoms with E-state index >= 15 is 0 Å². The maximum absolute atomic E-state index is 13.5. The Bertz CT molecular complexity index is 1470. The molecule has 0 radical (unpaired) electrons. The Kier molecular flexibility index (Phi) is 5.68. The molecule has 0 saturated carbocycles. The fraction of sp³-hybridized carbons (Fsp3) is 0.333. The van der Waals surface area contributed by atoms with Crippen LogP contribution >= 0.6 is 0 Å². The maximum atomic E-state index is 13.5. The number of nitrogens with zero attached hydrogens (tertiary/aromatic N) is 3. The first kappa shape index (κ1) is 24.4. The first-order chi connectivity index (χ1) is 16.9. The van der Waals surface area contributed by atoms with Crippen molar-refractivity contribution in [2.45, 2.75) is 43.9 Å². The Labute approximate surface area is 209 Å². The van der Waals surface area contributed by atoms with Crippen LogP contribution in [0.2, 0.25) is 0 Å². The van der Waals surface area contributed by atoms with Crippen molar-refractivity contribution in [1.29, 1.82) is 0 Å². The molecule has 2 aliphatic rings. The first-order valence-corrected chi connectivity index (χ1v) is 13.2. The summed E-state index contributed by atoms with van der Waals surface area (Å²) in [6.07, 6.45) is 3.83. The molecule has 1 saturated heterocycles. The number of carboxylic acids is 1. The molecular weight excluding hydrogens is 481 g/mol. The quantitative estimate of drug-likeness (QED) is 0.562. The van der Waals surface area contributed by atoms with Gasteiger partial charge in [-0.05, 0) is 77.4 Å². The van der Waals surface area contributed by atoms with Gasteiger partial charge in [0.1, 0.15) is 11.2 Å². The van der Waals surface area contributed by atoms with Gasteiger partial charge in [0.2, 0.25) is 10.0 Å². The second kappa shape index (κ2) is 8.38. The number of aromatic nitrogens is 2. The van der Waals surface area contributed by atoms with Crippen LogP contribution in [0.15, 0.2) is 65.2 Å². The molecule has 1 aliphatic carbocycles. The summed E-state index contributed by atoms with van der Waals surface area (Å²) in [7, 11) is -3.88. The third kappa shape index (κ3) is 3.96. The van der Waals surface area contributed by atoms with Crippen LogP contribution in [0.5, 0.6) is 0 Å². The van der Waals surface area contributed by atoms with Crippen LogP contribution in [0.3, 0.4) is 0 Å². The predicted molar refractivity (Wildman–Crippen MR) is 134 cm³/mol. The molecule has 1 aromatic heterocycles. The lowest BCUT2D eigenvalue weighted by Gasteiger charge is -2.43. The van der Waals surface area contributed by atoms with Crippen molar-refractivity contribution >= 4 is 22.1 Å². The van der Waals surface area contributed by atoms with E-state index in [0.717, 1.165) is 11.3 Å². The second-order valence-electron chi connectivity index (χ2n) is 10.5. The Balaban J connectivity index is 1.48. The highest BCUT2D eigenvalue weighted by Gasteiger charge is 2.51. The zero-order valence-corrected chi connectivity index (χ0v) is 21.2. The van der Waals surface area contributed by atoms with Crippen LogP contribution in [0.4, 0.5) is 4.39 Å². The topological polar surface area (TPSA) is 92.5 Å². The van der Waals surface area contributed by atoms with Crippen molar-refractivity contribution in [2.75, 3.05) is 13.1 Å². The fourth-order valence-corrected chi connectivity index (χ4v) is 6.57. The molecule has 1 N–H and O–H groups in total. The summed E-state index contributed by atoms with van der Waals surface area (Å²) < 4.78 is 43.4. The first-order valence-electron chi connectivity index (χ1n) is 11.8. The van der Waals surface area contributed by atoms with E-state index in [0.29, 0.717) is 23.2 Å². The van der Waals surface area contributed by atoms with E-state index in [9.17, 15) is 22.7 Å². The van der Waals surface area contributed by atoms with Crippen molar-refractivity contribution < 1.29 is 22.7 Å². The van der Waals surface area contributed by atoms with E-state index < -0.39 is 21.4 Å². The van der Waals surface area contributed by atoms with Gasteiger partial charge in [0.15, 0.2) is 0 Å². The number of halogens is 1. The lowest BCUT2D eigenvalue weighted by molar-refractivity contribution is -0.147. The molecule has 1 fully saturated rings. The van der Waals surface area contributed by atoms with Crippen molar-refractivity contribution in [1.82, 2.24) is 14.1 Å². The second-order valence-corrected chi connectivity index (χ2v) is 12.5. The minimum Gasteiger partial charge on any atom is -0.481 e. The third-order valence-corrected chi connectivity index (χ3v) is 9.08. The van der Waals surface area contributed by atoms with Crippen LogP contribution in [0.1, 0.15) is 44.0 Å². The molecule has 36 heavy (non-hydrogen) atoms. The third-order valence-electron chi connectivity index (χ3n) is 7.22. The van der Waals surface area contributed by atoms with E-state index in [1.807, 2.05) is 18.2 Å². The van der Waals surface area contributed by atoms with Crippen molar-refractivity contribution in [2.24, 2.45) is 5.41 Å². The van der Waals surface area contributed by atoms with Gasteiger partial charge in [0, 0.05) is 13.1 Å². The molecule has 1 atom stereocenters. The largest absolute Gasteiger partial charge is 0.481 e. The van der Waals surface area contributed by atoms with Gasteiger partial charge in [-0.2, -0.15) is 9.40 Å². The summed E-state index contributed by atoms with van der Waals surface area (Å²) >= 11 is 0. The number of hydrogen-bond acceptors (Lipinski definition) is 4. The van der Waals surface area contributed by atoms with Gasteiger partial charge >= 0.3 is 5.97 Å². The standard InChI is InChI=1S/C27H28FN3O4S/c1-26(2,3)19-4-10-23(11-5-19)36(34,35)30-13-12-20-14-24-18(15-27(20,17-30)25(32)33)16-29-31(24)22-8-6-21(28)7-9-22/h4-11,14,16H,12-13,15,17H2,1-3H3,(H,32,33). The molecule has 2 heterocycles. The lowest BCUT2D eigenvalue weighted by Crippen LogP contribution is -2.53. The van der Waals surface area contributed by atoms with E-state index in [2.05, 4.69) is 25.9 Å². The van der Waals surface area contributed by atoms with E-state index in [1.165, 1.54) is 16.4 Å². The van der Waals surface area contributed by atoms with Crippen LogP contribution in [0, 0.1) is 11.2 Å². The fourth-order valence-electron chi connectivity index (χ4n) is 5.07. The molecule has 9 heteroatoms. The van der Waals surface area contributed by atoms with E-state index in [-0.39, 0.29) is 35.6 Å². The van der Waals surface area contributed by atoms with Gasteiger partial charge in [-0.3, -0.25) is 4.79 Å². The van der Waals surface area contributed by atoms with Gasteiger partial charge in [-0.25, -0.2) is 17.5 Å². The molecule has 0 amide bonds. The van der Waals surface area contributed by atoms with Crippen molar-refractivity contribution in [3.05, 3.63) is 82.9 Å². The van der Waals surface area contributed by atoms with E-state index in [1.54, 1.807) is 35.1 Å². The zero-order valence-electron chi connectivity index (χ0n) is 20.4. The number of rotatable bonds is 4. The normalized spacial score (nSPS) is 20.4. The molecule has 1 aliphatic heterocycles.